The molecular weight excluding hydrogens is 336 g/mol. The van der Waals surface area contributed by atoms with Crippen molar-refractivity contribution in [3.63, 3.8) is 0 Å². The Kier molecular flexibility index (Phi) is 6.75. The number of nitrogens with one attached hydrogen (secondary N) is 1. The zero-order valence-corrected chi connectivity index (χ0v) is 15.5. The molecule has 0 spiro atoms. The summed E-state index contributed by atoms with van der Waals surface area (Å²) < 4.78 is 0. The molecule has 0 saturated carbocycles. The van der Waals surface area contributed by atoms with Crippen LogP contribution in [-0.4, -0.2) is 36.2 Å². The number of thioether (sulfide) groups is 1. The van der Waals surface area contributed by atoms with E-state index in [1.807, 2.05) is 18.2 Å². The van der Waals surface area contributed by atoms with Gasteiger partial charge >= 0.3 is 0 Å². The molecule has 2 aromatic rings. The number of nitrogens with zero attached hydrogens (tertiary/aromatic N) is 1. The van der Waals surface area contributed by atoms with Crippen LogP contribution < -0.4 is 5.32 Å². The molecule has 3 nitrogen and oxygen atoms in total. The quantitative estimate of drug-likeness (QED) is 0.717. The Bertz CT molecular complexity index is 610. The number of benzene rings is 1. The third kappa shape index (κ3) is 5.10. The summed E-state index contributed by atoms with van der Waals surface area (Å²) in [5.41, 5.74) is 0. The summed E-state index contributed by atoms with van der Waals surface area (Å²) in [7, 11) is 0. The smallest absolute Gasteiger partial charge is 0.220 e. The molecule has 1 aliphatic rings. The first-order valence-electron chi connectivity index (χ1n) is 8.55. The fourth-order valence-corrected chi connectivity index (χ4v) is 4.75. The molecule has 2 heterocycles. The van der Waals surface area contributed by atoms with Crippen LogP contribution in [0.25, 0.3) is 0 Å². The summed E-state index contributed by atoms with van der Waals surface area (Å²) in [4.78, 5) is 17.3. The van der Waals surface area contributed by atoms with Crippen molar-refractivity contribution in [3.8, 4) is 0 Å². The van der Waals surface area contributed by atoms with Gasteiger partial charge in [0, 0.05) is 28.5 Å². The average Bonchev–Trinajstić information content (AvgIpc) is 3.30. The Morgan fingerprint density at radius 2 is 1.96 bits per heavy atom. The van der Waals surface area contributed by atoms with E-state index < -0.39 is 0 Å². The fourth-order valence-electron chi connectivity index (χ4n) is 3.02. The van der Waals surface area contributed by atoms with Gasteiger partial charge in [-0.2, -0.15) is 0 Å². The van der Waals surface area contributed by atoms with E-state index in [4.69, 9.17) is 0 Å². The SMILES string of the molecule is O=C(CCSc1ccccc1)NCC(c1cccs1)N1CCCC1. The average molecular weight is 361 g/mol. The molecule has 1 fully saturated rings. The van der Waals surface area contributed by atoms with Gasteiger partial charge in [0.05, 0.1) is 6.04 Å². The summed E-state index contributed by atoms with van der Waals surface area (Å²) in [5, 5.41) is 5.27. The molecule has 0 bridgehead atoms. The van der Waals surface area contributed by atoms with Crippen molar-refractivity contribution < 1.29 is 4.79 Å². The molecule has 1 atom stereocenters. The number of carbonyl (C=O) groups is 1. The number of hydrogen-bond acceptors (Lipinski definition) is 4. The lowest BCUT2D eigenvalue weighted by Gasteiger charge is -2.26. The normalized spacial score (nSPS) is 16.2. The van der Waals surface area contributed by atoms with E-state index in [0.717, 1.165) is 25.4 Å². The van der Waals surface area contributed by atoms with E-state index in [1.54, 1.807) is 23.1 Å². The molecule has 1 unspecified atom stereocenters. The molecule has 0 radical (unpaired) electrons. The van der Waals surface area contributed by atoms with Gasteiger partial charge in [0.15, 0.2) is 0 Å². The molecule has 0 aliphatic carbocycles. The Hall–Kier alpha value is -1.30. The minimum atomic E-state index is 0.152. The predicted molar refractivity (Wildman–Crippen MR) is 103 cm³/mol. The molecule has 128 valence electrons. The van der Waals surface area contributed by atoms with E-state index in [0.29, 0.717) is 12.5 Å². The predicted octanol–water partition coefficient (Wildman–Crippen LogP) is 4.18. The molecule has 1 saturated heterocycles. The summed E-state index contributed by atoms with van der Waals surface area (Å²) in [6.07, 6.45) is 3.10. The van der Waals surface area contributed by atoms with Gasteiger partial charge in [-0.1, -0.05) is 24.3 Å². The number of rotatable bonds is 8. The van der Waals surface area contributed by atoms with Crippen molar-refractivity contribution >= 4 is 29.0 Å². The highest BCUT2D eigenvalue weighted by Crippen LogP contribution is 2.27. The van der Waals surface area contributed by atoms with E-state index >= 15 is 0 Å². The number of carbonyl (C=O) groups excluding carboxylic acids is 1. The van der Waals surface area contributed by atoms with Gasteiger partial charge in [0.1, 0.15) is 0 Å². The number of likely N-dealkylation sites (tertiary alicyclic amines) is 1. The number of hydrogen-bond donors (Lipinski definition) is 1. The topological polar surface area (TPSA) is 32.3 Å². The van der Waals surface area contributed by atoms with Gasteiger partial charge in [-0.25, -0.2) is 0 Å². The van der Waals surface area contributed by atoms with E-state index in [-0.39, 0.29) is 5.91 Å². The van der Waals surface area contributed by atoms with Crippen LogP contribution >= 0.6 is 23.1 Å². The van der Waals surface area contributed by atoms with Gasteiger partial charge in [-0.05, 0) is 49.5 Å². The molecule has 24 heavy (non-hydrogen) atoms. The zero-order chi connectivity index (χ0) is 16.6. The van der Waals surface area contributed by atoms with Crippen LogP contribution in [0.4, 0.5) is 0 Å². The maximum absolute atomic E-state index is 12.2. The van der Waals surface area contributed by atoms with Crippen LogP contribution in [-0.2, 0) is 4.79 Å². The van der Waals surface area contributed by atoms with Gasteiger partial charge in [-0.15, -0.1) is 23.1 Å². The molecule has 1 aromatic carbocycles. The first-order chi connectivity index (χ1) is 11.8. The second-order valence-electron chi connectivity index (χ2n) is 5.99. The largest absolute Gasteiger partial charge is 0.354 e. The molecule has 1 aliphatic heterocycles. The third-order valence-corrected chi connectivity index (χ3v) is 6.27. The minimum Gasteiger partial charge on any atom is -0.354 e. The van der Waals surface area contributed by atoms with Crippen molar-refractivity contribution in [1.29, 1.82) is 0 Å². The molecule has 1 aromatic heterocycles. The van der Waals surface area contributed by atoms with Gasteiger partial charge in [-0.3, -0.25) is 9.69 Å². The van der Waals surface area contributed by atoms with E-state index in [9.17, 15) is 4.79 Å². The Morgan fingerprint density at radius 1 is 1.17 bits per heavy atom. The van der Waals surface area contributed by atoms with Crippen LogP contribution in [0, 0.1) is 0 Å². The summed E-state index contributed by atoms with van der Waals surface area (Å²) >= 11 is 3.52. The number of amides is 1. The molecular formula is C19H24N2OS2. The van der Waals surface area contributed by atoms with E-state index in [2.05, 4.69) is 39.9 Å². The van der Waals surface area contributed by atoms with Crippen LogP contribution in [0.1, 0.15) is 30.2 Å². The Labute approximate surface area is 152 Å². The Balaban J connectivity index is 1.44. The summed E-state index contributed by atoms with van der Waals surface area (Å²) in [6.45, 7) is 3.00. The van der Waals surface area contributed by atoms with Crippen molar-refractivity contribution in [1.82, 2.24) is 10.2 Å². The van der Waals surface area contributed by atoms with Crippen LogP contribution in [0.5, 0.6) is 0 Å². The second kappa shape index (κ2) is 9.25. The first kappa shape index (κ1) is 17.5. The first-order valence-corrected chi connectivity index (χ1v) is 10.4. The van der Waals surface area contributed by atoms with Crippen LogP contribution in [0.3, 0.4) is 0 Å². The minimum absolute atomic E-state index is 0.152. The molecule has 5 heteroatoms. The monoisotopic (exact) mass is 360 g/mol. The third-order valence-electron chi connectivity index (χ3n) is 4.29. The van der Waals surface area contributed by atoms with Gasteiger partial charge in [0.25, 0.3) is 0 Å². The summed E-state index contributed by atoms with van der Waals surface area (Å²) in [6, 6.07) is 14.9. The highest BCUT2D eigenvalue weighted by molar-refractivity contribution is 7.99. The van der Waals surface area contributed by atoms with Crippen molar-refractivity contribution in [2.24, 2.45) is 0 Å². The van der Waals surface area contributed by atoms with Crippen molar-refractivity contribution in [2.45, 2.75) is 30.2 Å². The lowest BCUT2D eigenvalue weighted by atomic mass is 10.2. The highest BCUT2D eigenvalue weighted by atomic mass is 32.2. The highest BCUT2D eigenvalue weighted by Gasteiger charge is 2.24. The van der Waals surface area contributed by atoms with Crippen LogP contribution in [0.2, 0.25) is 0 Å². The van der Waals surface area contributed by atoms with Crippen molar-refractivity contribution in [2.75, 3.05) is 25.4 Å². The van der Waals surface area contributed by atoms with Gasteiger partial charge in [0.2, 0.25) is 5.91 Å². The van der Waals surface area contributed by atoms with Crippen molar-refractivity contribution in [3.05, 3.63) is 52.7 Å². The lowest BCUT2D eigenvalue weighted by Crippen LogP contribution is -2.36. The molecule has 1 amide bonds. The number of thiophene rings is 1. The summed E-state index contributed by atoms with van der Waals surface area (Å²) in [5.74, 6) is 0.975. The maximum atomic E-state index is 12.2. The zero-order valence-electron chi connectivity index (χ0n) is 13.8. The Morgan fingerprint density at radius 3 is 2.67 bits per heavy atom. The fraction of sp³-hybridized carbons (Fsp3) is 0.421. The second-order valence-corrected chi connectivity index (χ2v) is 8.14. The van der Waals surface area contributed by atoms with Gasteiger partial charge < -0.3 is 5.32 Å². The van der Waals surface area contributed by atoms with Crippen LogP contribution in [0.15, 0.2) is 52.7 Å². The van der Waals surface area contributed by atoms with E-state index in [1.165, 1.54) is 22.6 Å². The lowest BCUT2D eigenvalue weighted by molar-refractivity contribution is -0.120. The molecule has 1 N–H and O–H groups in total. The maximum Gasteiger partial charge on any atom is 0.220 e. The standard InChI is InChI=1S/C19H24N2OS2/c22-19(10-14-23-16-7-2-1-3-8-16)20-15-17(18-9-6-13-24-18)21-11-4-5-12-21/h1-3,6-9,13,17H,4-5,10-12,14-15H2,(H,20,22). The molecule has 3 rings (SSSR count).